The minimum absolute atomic E-state index is 0.0150. The molecule has 14 nitrogen and oxygen atoms in total. The first-order chi connectivity index (χ1) is 34.8. The van der Waals surface area contributed by atoms with Crippen molar-refractivity contribution in [3.63, 3.8) is 0 Å². The lowest BCUT2D eigenvalue weighted by atomic mass is 9.52. The molecule has 9 rings (SSSR count). The minimum atomic E-state index is -1.39. The van der Waals surface area contributed by atoms with Crippen LogP contribution in [0.3, 0.4) is 0 Å². The number of hydrogen-bond acceptors (Lipinski definition) is 12. The van der Waals surface area contributed by atoms with E-state index in [1.165, 1.54) is 5.57 Å². The molecular weight excluding hydrogens is 927 g/mol. The van der Waals surface area contributed by atoms with Gasteiger partial charge in [-0.1, -0.05) is 101 Å². The van der Waals surface area contributed by atoms with Gasteiger partial charge < -0.3 is 39.4 Å². The zero-order valence-corrected chi connectivity index (χ0v) is 44.8. The van der Waals surface area contributed by atoms with Crippen LogP contribution in [0.1, 0.15) is 185 Å². The Morgan fingerprint density at radius 3 is 2.38 bits per heavy atom. The molecule has 3 saturated carbocycles. The summed E-state index contributed by atoms with van der Waals surface area (Å²) in [6.45, 7) is 16.7. The highest BCUT2D eigenvalue weighted by Crippen LogP contribution is 2.61. The maximum atomic E-state index is 15.4. The van der Waals surface area contributed by atoms with E-state index in [0.29, 0.717) is 35.8 Å². The SMILES string of the molecule is CCCCCC1(CCCCC)O[C@@H]2[C@H](O1)[C@H]1ON(Cc3ccccc3C=C3CCC4O[C@]4(C)CC[C@@H]4[C@@H]3CC4(C)C)[C@H]3C(=O)O[C@@H]2C[C@@]13C(=O)NCc1cccc(C(=O)N[C@H](CO)CCC(=O)OC(C)(C)C)c1. The molecule has 11 atom stereocenters. The Kier molecular flexibility index (Phi) is 15.8. The van der Waals surface area contributed by atoms with Crippen LogP contribution < -0.4 is 10.6 Å². The number of epoxide rings is 1. The summed E-state index contributed by atoms with van der Waals surface area (Å²) in [6, 6.07) is 13.5. The highest BCUT2D eigenvalue weighted by molar-refractivity contribution is 5.95. The van der Waals surface area contributed by atoms with Crippen LogP contribution in [0.5, 0.6) is 0 Å². The molecule has 2 bridgehead atoms. The van der Waals surface area contributed by atoms with Gasteiger partial charge in [0.1, 0.15) is 35.4 Å². The van der Waals surface area contributed by atoms with Crippen molar-refractivity contribution < 1.29 is 52.8 Å². The number of nitrogens with zero attached hydrogens (tertiary/aromatic N) is 1. The van der Waals surface area contributed by atoms with Crippen LogP contribution >= 0.6 is 0 Å². The van der Waals surface area contributed by atoms with Crippen LogP contribution in [0.2, 0.25) is 0 Å². The number of ether oxygens (including phenoxy) is 5. The molecule has 0 radical (unpaired) electrons. The predicted octanol–water partition coefficient (Wildman–Crippen LogP) is 9.43. The first kappa shape index (κ1) is 53.6. The molecule has 3 aliphatic carbocycles. The second kappa shape index (κ2) is 21.4. The van der Waals surface area contributed by atoms with E-state index in [-0.39, 0.29) is 62.0 Å². The number of aliphatic hydroxyl groups excluding tert-OH is 1. The van der Waals surface area contributed by atoms with Gasteiger partial charge in [0.2, 0.25) is 5.91 Å². The average Bonchev–Trinajstić information content (AvgIpc) is 3.62. The highest BCUT2D eigenvalue weighted by atomic mass is 16.8. The molecule has 4 heterocycles. The number of benzene rings is 2. The van der Waals surface area contributed by atoms with Crippen LogP contribution in [0.4, 0.5) is 0 Å². The highest BCUT2D eigenvalue weighted by Gasteiger charge is 2.76. The summed E-state index contributed by atoms with van der Waals surface area (Å²) in [5.41, 5.74) is 2.72. The molecule has 14 heteroatoms. The van der Waals surface area contributed by atoms with Crippen molar-refractivity contribution in [1.29, 1.82) is 0 Å². The van der Waals surface area contributed by atoms with E-state index in [1.54, 1.807) is 44.0 Å². The van der Waals surface area contributed by atoms with Crippen molar-refractivity contribution in [1.82, 2.24) is 15.7 Å². The van der Waals surface area contributed by atoms with Crippen molar-refractivity contribution in [2.45, 2.75) is 231 Å². The predicted molar refractivity (Wildman–Crippen MR) is 275 cm³/mol. The van der Waals surface area contributed by atoms with Crippen LogP contribution in [-0.4, -0.2) is 100 Å². The number of fused-ring (bicyclic) bond motifs is 6. The molecule has 4 aliphatic heterocycles. The molecule has 0 spiro atoms. The zero-order chi connectivity index (χ0) is 51.9. The van der Waals surface area contributed by atoms with Gasteiger partial charge in [-0.3, -0.25) is 24.0 Å². The standard InChI is InChI=1S/C59H83N3O11/c1-9-11-15-27-58(28-16-12-10-2)71-48-45-33-59(54(67)60-34-37-18-17-21-40(30-37)52(65)61-42(36-63)23-25-47(64)70-55(3,4)5)50(53(66)68-45)62(73-51(59)49(48)72-58)35-41-20-14-13-19-38(41)31-39-22-24-46-57(8,69-46)29-26-44-43(39)32-56(44,6)7/h13-14,17-21,30-31,42-46,48-51,63H,9-12,15-16,22-29,32-36H2,1-8H3,(H,60,67)(H,61,65)/t42-,43+,44+,45+,46?,48-,49-,50-,51+,57+,59-/m0/s1. The third-order valence-electron chi connectivity index (χ3n) is 17.4. The molecule has 2 aromatic carbocycles. The van der Waals surface area contributed by atoms with Crippen LogP contribution in [0, 0.1) is 22.7 Å². The molecule has 7 aliphatic rings. The minimum Gasteiger partial charge on any atom is -0.460 e. The van der Waals surface area contributed by atoms with Crippen LogP contribution in [0.15, 0.2) is 54.1 Å². The fraction of sp³-hybridized carbons (Fsp3) is 0.695. The van der Waals surface area contributed by atoms with E-state index in [4.69, 9.17) is 28.5 Å². The fourth-order valence-electron chi connectivity index (χ4n) is 13.4. The number of allylic oxidation sites excluding steroid dienone is 1. The smallest absolute Gasteiger partial charge is 0.327 e. The van der Waals surface area contributed by atoms with Gasteiger partial charge in [-0.15, -0.1) is 0 Å². The fourth-order valence-corrected chi connectivity index (χ4v) is 13.4. The number of rotatable bonds is 20. The van der Waals surface area contributed by atoms with Gasteiger partial charge in [-0.05, 0) is 125 Å². The molecule has 2 aromatic rings. The van der Waals surface area contributed by atoms with Gasteiger partial charge in [0, 0.05) is 37.8 Å². The van der Waals surface area contributed by atoms with Crippen molar-refractivity contribution in [2.24, 2.45) is 22.7 Å². The molecule has 73 heavy (non-hydrogen) atoms. The quantitative estimate of drug-likeness (QED) is 0.0653. The maximum absolute atomic E-state index is 15.4. The molecule has 4 saturated heterocycles. The molecule has 1 unspecified atom stereocenters. The normalized spacial score (nSPS) is 32.6. The summed E-state index contributed by atoms with van der Waals surface area (Å²) in [6.07, 6.45) is 13.0. The monoisotopic (exact) mass is 1010 g/mol. The lowest BCUT2D eigenvalue weighted by molar-refractivity contribution is -0.224. The maximum Gasteiger partial charge on any atom is 0.327 e. The Morgan fingerprint density at radius 2 is 1.67 bits per heavy atom. The van der Waals surface area contributed by atoms with E-state index in [2.05, 4.69) is 69.5 Å². The molecular formula is C59H83N3O11. The first-order valence-corrected chi connectivity index (χ1v) is 27.8. The number of hydrogen-bond donors (Lipinski definition) is 3. The Hall–Kier alpha value is -4.18. The number of unbranched alkanes of at least 4 members (excludes halogenated alkanes) is 4. The zero-order valence-electron chi connectivity index (χ0n) is 44.8. The second-order valence-electron chi connectivity index (χ2n) is 24.4. The summed E-state index contributed by atoms with van der Waals surface area (Å²) < 4.78 is 32.3. The topological polar surface area (TPSA) is 174 Å². The summed E-state index contributed by atoms with van der Waals surface area (Å²) in [5, 5.41) is 17.8. The van der Waals surface area contributed by atoms with Crippen molar-refractivity contribution in [3.8, 4) is 0 Å². The third kappa shape index (κ3) is 11.2. The van der Waals surface area contributed by atoms with Gasteiger partial charge in [0.15, 0.2) is 11.8 Å². The Balaban J connectivity index is 0.986. The van der Waals surface area contributed by atoms with E-state index in [0.717, 1.165) is 81.8 Å². The van der Waals surface area contributed by atoms with Gasteiger partial charge in [-0.2, -0.15) is 5.06 Å². The summed E-state index contributed by atoms with van der Waals surface area (Å²) >= 11 is 0. The number of esters is 2. The average molecular weight is 1010 g/mol. The van der Waals surface area contributed by atoms with E-state index >= 15 is 4.79 Å². The van der Waals surface area contributed by atoms with E-state index in [9.17, 15) is 19.5 Å². The second-order valence-corrected chi connectivity index (χ2v) is 24.4. The van der Waals surface area contributed by atoms with Gasteiger partial charge in [0.25, 0.3) is 5.91 Å². The van der Waals surface area contributed by atoms with Crippen LogP contribution in [0.25, 0.3) is 6.08 Å². The van der Waals surface area contributed by atoms with Gasteiger partial charge >= 0.3 is 11.9 Å². The van der Waals surface area contributed by atoms with Crippen molar-refractivity contribution >= 4 is 29.8 Å². The van der Waals surface area contributed by atoms with Gasteiger partial charge in [-0.25, -0.2) is 0 Å². The largest absolute Gasteiger partial charge is 0.460 e. The van der Waals surface area contributed by atoms with Crippen LogP contribution in [-0.2, 0) is 56.0 Å². The lowest BCUT2D eigenvalue weighted by Gasteiger charge is -2.53. The first-order valence-electron chi connectivity index (χ1n) is 27.8. The number of nitrogens with one attached hydrogen (secondary N) is 2. The molecule has 0 aromatic heterocycles. The molecule has 2 amide bonds. The molecule has 7 fully saturated rings. The molecule has 400 valence electrons. The summed E-state index contributed by atoms with van der Waals surface area (Å²) in [4.78, 5) is 63.2. The number of hydroxylamine groups is 2. The Bertz CT molecular complexity index is 2370. The van der Waals surface area contributed by atoms with Crippen molar-refractivity contribution in [2.75, 3.05) is 6.61 Å². The number of carbonyl (C=O) groups excluding carboxylic acids is 4. The van der Waals surface area contributed by atoms with Gasteiger partial charge in [0.05, 0.1) is 30.9 Å². The van der Waals surface area contributed by atoms with Crippen molar-refractivity contribution in [3.05, 3.63) is 76.4 Å². The molecule has 3 N–H and O–H groups in total. The van der Waals surface area contributed by atoms with E-state index in [1.807, 2.05) is 12.1 Å². The third-order valence-corrected chi connectivity index (χ3v) is 17.4. The summed E-state index contributed by atoms with van der Waals surface area (Å²) in [7, 11) is 0. The number of carbonyl (C=O) groups is 4. The lowest BCUT2D eigenvalue weighted by Crippen LogP contribution is -2.69. The number of amides is 2. The summed E-state index contributed by atoms with van der Waals surface area (Å²) in [5.74, 6) is -1.52. The van der Waals surface area contributed by atoms with E-state index < -0.39 is 71.1 Å². The Morgan fingerprint density at radius 1 is 0.932 bits per heavy atom. The Labute approximate surface area is 433 Å². The number of aliphatic hydroxyl groups is 1.